The fourth-order valence-electron chi connectivity index (χ4n) is 2.88. The number of carbonyl (C=O) groups excluding carboxylic acids is 2. The third-order valence-electron chi connectivity index (χ3n) is 4.28. The lowest BCUT2D eigenvalue weighted by atomic mass is 9.84. The van der Waals surface area contributed by atoms with Gasteiger partial charge in [0.05, 0.1) is 5.56 Å². The van der Waals surface area contributed by atoms with Gasteiger partial charge in [-0.25, -0.2) is 0 Å². The molecular weight excluding hydrogens is 302 g/mol. The Morgan fingerprint density at radius 2 is 1.79 bits per heavy atom. The van der Waals surface area contributed by atoms with Gasteiger partial charge in [-0.1, -0.05) is 56.3 Å². The van der Waals surface area contributed by atoms with Crippen molar-refractivity contribution < 1.29 is 14.3 Å². The Morgan fingerprint density at radius 3 is 2.54 bits per heavy atom. The van der Waals surface area contributed by atoms with Gasteiger partial charge in [0.25, 0.3) is 0 Å². The summed E-state index contributed by atoms with van der Waals surface area (Å²) in [4.78, 5) is 25.2. The molecular formula is C20H21NO3. The Bertz CT molecular complexity index is 752. The highest BCUT2D eigenvalue weighted by Gasteiger charge is 2.34. The zero-order chi connectivity index (χ0) is 17.2. The summed E-state index contributed by atoms with van der Waals surface area (Å²) in [6.07, 6.45) is 0.609. The van der Waals surface area contributed by atoms with Crippen molar-refractivity contribution in [3.63, 3.8) is 0 Å². The zero-order valence-corrected chi connectivity index (χ0v) is 13.9. The van der Waals surface area contributed by atoms with Crippen molar-refractivity contribution in [1.29, 1.82) is 0 Å². The molecule has 1 atom stereocenters. The number of nitrogens with one attached hydrogen (secondary N) is 1. The van der Waals surface area contributed by atoms with Gasteiger partial charge < -0.3 is 10.1 Å². The van der Waals surface area contributed by atoms with Crippen LogP contribution in [0.1, 0.15) is 29.8 Å². The number of hydrogen-bond donors (Lipinski definition) is 1. The van der Waals surface area contributed by atoms with Gasteiger partial charge in [-0.15, -0.1) is 0 Å². The van der Waals surface area contributed by atoms with Crippen LogP contribution in [0.25, 0.3) is 0 Å². The van der Waals surface area contributed by atoms with E-state index in [0.717, 1.165) is 5.56 Å². The highest BCUT2D eigenvalue weighted by molar-refractivity contribution is 6.05. The molecule has 1 aliphatic rings. The number of hydrogen-bond acceptors (Lipinski definition) is 3. The monoisotopic (exact) mass is 323 g/mol. The van der Waals surface area contributed by atoms with Crippen molar-refractivity contribution in [2.75, 3.05) is 6.61 Å². The van der Waals surface area contributed by atoms with Crippen LogP contribution in [0.15, 0.2) is 54.6 Å². The van der Waals surface area contributed by atoms with Crippen LogP contribution in [0.2, 0.25) is 0 Å². The van der Waals surface area contributed by atoms with Crippen LogP contribution in [0.3, 0.4) is 0 Å². The second-order valence-electron chi connectivity index (χ2n) is 6.74. The number of fused-ring (bicyclic) bond motifs is 1. The number of Topliss-reactive ketones (excluding diaryl/α,β-unsaturated/α-hetero) is 1. The summed E-state index contributed by atoms with van der Waals surface area (Å²) in [7, 11) is 0. The van der Waals surface area contributed by atoms with E-state index in [1.165, 1.54) is 0 Å². The van der Waals surface area contributed by atoms with Crippen LogP contribution >= 0.6 is 0 Å². The van der Waals surface area contributed by atoms with Crippen LogP contribution in [-0.2, 0) is 11.2 Å². The van der Waals surface area contributed by atoms with Crippen LogP contribution in [-0.4, -0.2) is 24.3 Å². The van der Waals surface area contributed by atoms with Crippen LogP contribution in [0.5, 0.6) is 5.75 Å². The Kier molecular flexibility index (Phi) is 4.38. The number of ketones is 1. The lowest BCUT2D eigenvalue weighted by Gasteiger charge is -2.29. The molecule has 0 bridgehead atoms. The molecule has 24 heavy (non-hydrogen) atoms. The van der Waals surface area contributed by atoms with E-state index >= 15 is 0 Å². The number of ether oxygens (including phenoxy) is 1. The summed E-state index contributed by atoms with van der Waals surface area (Å²) in [5, 5.41) is 2.86. The maximum absolute atomic E-state index is 12.7. The fraction of sp³-hybridized carbons (Fsp3) is 0.300. The van der Waals surface area contributed by atoms with Crippen LogP contribution in [0, 0.1) is 5.41 Å². The van der Waals surface area contributed by atoms with Gasteiger partial charge in [0.1, 0.15) is 18.4 Å². The zero-order valence-electron chi connectivity index (χ0n) is 13.9. The molecule has 0 spiro atoms. The SMILES string of the molecule is CC(C)(Cc1ccccc1)C(=O)NC1COc2ccccc2C1=O. The van der Waals surface area contributed by atoms with Gasteiger partial charge in [0.15, 0.2) is 5.78 Å². The van der Waals surface area contributed by atoms with Gasteiger partial charge >= 0.3 is 0 Å². The first kappa shape index (κ1) is 16.2. The number of rotatable bonds is 4. The van der Waals surface area contributed by atoms with Gasteiger partial charge in [0.2, 0.25) is 5.91 Å². The molecule has 1 unspecified atom stereocenters. The molecule has 4 heteroatoms. The van der Waals surface area contributed by atoms with Crippen molar-refractivity contribution in [3.05, 3.63) is 65.7 Å². The summed E-state index contributed by atoms with van der Waals surface area (Å²) in [5.41, 5.74) is 1.00. The highest BCUT2D eigenvalue weighted by atomic mass is 16.5. The molecule has 0 aromatic heterocycles. The Morgan fingerprint density at radius 1 is 1.12 bits per heavy atom. The van der Waals surface area contributed by atoms with E-state index < -0.39 is 11.5 Å². The molecule has 124 valence electrons. The molecule has 0 aliphatic carbocycles. The Labute approximate surface area is 141 Å². The summed E-state index contributed by atoms with van der Waals surface area (Å²) in [5.74, 6) is 0.338. The lowest BCUT2D eigenvalue weighted by Crippen LogP contribution is -2.51. The van der Waals surface area contributed by atoms with E-state index in [2.05, 4.69) is 5.32 Å². The standard InChI is InChI=1S/C20H21NO3/c1-20(2,12-14-8-4-3-5-9-14)19(23)21-16-13-24-17-11-7-6-10-15(17)18(16)22/h3-11,16H,12-13H2,1-2H3,(H,21,23). The molecule has 0 saturated carbocycles. The lowest BCUT2D eigenvalue weighted by molar-refractivity contribution is -0.130. The van der Waals surface area contributed by atoms with Gasteiger partial charge in [-0.05, 0) is 24.1 Å². The molecule has 1 N–H and O–H groups in total. The predicted molar refractivity (Wildman–Crippen MR) is 92.1 cm³/mol. The smallest absolute Gasteiger partial charge is 0.226 e. The summed E-state index contributed by atoms with van der Waals surface area (Å²) >= 11 is 0. The summed E-state index contributed by atoms with van der Waals surface area (Å²) in [6, 6.07) is 16.3. The molecule has 1 amide bonds. The minimum atomic E-state index is -0.637. The van der Waals surface area contributed by atoms with Crippen molar-refractivity contribution in [1.82, 2.24) is 5.32 Å². The number of para-hydroxylation sites is 1. The van der Waals surface area contributed by atoms with E-state index in [4.69, 9.17) is 4.74 Å². The molecule has 1 aliphatic heterocycles. The van der Waals surface area contributed by atoms with E-state index in [1.807, 2.05) is 50.2 Å². The second-order valence-corrected chi connectivity index (χ2v) is 6.74. The predicted octanol–water partition coefficient (Wildman–Crippen LogP) is 3.02. The van der Waals surface area contributed by atoms with Gasteiger partial charge in [-0.2, -0.15) is 0 Å². The average molecular weight is 323 g/mol. The van der Waals surface area contributed by atoms with Crippen molar-refractivity contribution in [3.8, 4) is 5.75 Å². The molecule has 0 fully saturated rings. The maximum Gasteiger partial charge on any atom is 0.226 e. The molecule has 0 radical (unpaired) electrons. The van der Waals surface area contributed by atoms with E-state index in [1.54, 1.807) is 18.2 Å². The van der Waals surface area contributed by atoms with Crippen molar-refractivity contribution in [2.24, 2.45) is 5.41 Å². The Balaban J connectivity index is 1.69. The highest BCUT2D eigenvalue weighted by Crippen LogP contribution is 2.26. The second kappa shape index (κ2) is 6.48. The molecule has 1 heterocycles. The number of carbonyl (C=O) groups is 2. The first-order valence-corrected chi connectivity index (χ1v) is 8.08. The van der Waals surface area contributed by atoms with Gasteiger partial charge in [0, 0.05) is 5.41 Å². The van der Waals surface area contributed by atoms with Crippen LogP contribution < -0.4 is 10.1 Å². The minimum absolute atomic E-state index is 0.0966. The maximum atomic E-state index is 12.7. The van der Waals surface area contributed by atoms with Gasteiger partial charge in [-0.3, -0.25) is 9.59 Å². The normalized spacial score (nSPS) is 16.9. The fourth-order valence-corrected chi connectivity index (χ4v) is 2.88. The summed E-state index contributed by atoms with van der Waals surface area (Å²) < 4.78 is 5.60. The van der Waals surface area contributed by atoms with Crippen LogP contribution in [0.4, 0.5) is 0 Å². The van der Waals surface area contributed by atoms with E-state index in [9.17, 15) is 9.59 Å². The number of benzene rings is 2. The summed E-state index contributed by atoms with van der Waals surface area (Å²) in [6.45, 7) is 3.94. The molecule has 2 aromatic carbocycles. The van der Waals surface area contributed by atoms with Crippen molar-refractivity contribution >= 4 is 11.7 Å². The third kappa shape index (κ3) is 3.32. The number of amides is 1. The quantitative estimate of drug-likeness (QED) is 0.941. The first-order chi connectivity index (χ1) is 11.5. The topological polar surface area (TPSA) is 55.4 Å². The molecule has 0 saturated heterocycles. The van der Waals surface area contributed by atoms with E-state index in [-0.39, 0.29) is 18.3 Å². The van der Waals surface area contributed by atoms with Crippen molar-refractivity contribution in [2.45, 2.75) is 26.3 Å². The average Bonchev–Trinajstić information content (AvgIpc) is 2.58. The largest absolute Gasteiger partial charge is 0.490 e. The first-order valence-electron chi connectivity index (χ1n) is 8.08. The van der Waals surface area contributed by atoms with E-state index in [0.29, 0.717) is 17.7 Å². The molecule has 2 aromatic rings. The Hall–Kier alpha value is -2.62. The molecule has 3 rings (SSSR count). The third-order valence-corrected chi connectivity index (χ3v) is 4.28. The minimum Gasteiger partial charge on any atom is -0.490 e. The molecule has 4 nitrogen and oxygen atoms in total.